The number of likely N-dealkylation sites (N-methyl/N-ethyl adjacent to an activating group) is 2. The molecule has 0 amide bonds. The highest BCUT2D eigenvalue weighted by molar-refractivity contribution is 6.05. The van der Waals surface area contributed by atoms with E-state index >= 15 is 0 Å². The maximum atomic E-state index is 11.2. The van der Waals surface area contributed by atoms with E-state index in [1.54, 1.807) is 0 Å². The Hall–Kier alpha value is -3.16. The molecule has 2 aromatic heterocycles. The van der Waals surface area contributed by atoms with Gasteiger partial charge in [0.05, 0.1) is 5.52 Å². The Kier molecular flexibility index (Phi) is 5.56. The van der Waals surface area contributed by atoms with Crippen molar-refractivity contribution in [2.24, 2.45) is 0 Å². The summed E-state index contributed by atoms with van der Waals surface area (Å²) in [6, 6.07) is 5.29. The molecule has 0 radical (unpaired) electrons. The first-order valence-corrected chi connectivity index (χ1v) is 10.4. The number of H-pyrrole nitrogens is 2. The highest BCUT2D eigenvalue weighted by Gasteiger charge is 2.21. The maximum absolute atomic E-state index is 11.2. The van der Waals surface area contributed by atoms with Crippen molar-refractivity contribution in [1.82, 2.24) is 19.8 Å². The second-order valence-corrected chi connectivity index (χ2v) is 8.66. The summed E-state index contributed by atoms with van der Waals surface area (Å²) in [5.74, 6) is -0.166. The first kappa shape index (κ1) is 21.1. The van der Waals surface area contributed by atoms with Gasteiger partial charge in [-0.05, 0) is 70.4 Å². The van der Waals surface area contributed by atoms with E-state index in [1.807, 2.05) is 52.7 Å². The van der Waals surface area contributed by atoms with Crippen molar-refractivity contribution in [3.63, 3.8) is 0 Å². The topological polar surface area (TPSA) is 98.8 Å². The van der Waals surface area contributed by atoms with Crippen molar-refractivity contribution in [2.75, 3.05) is 41.3 Å². The second-order valence-electron chi connectivity index (χ2n) is 8.66. The number of aromatic amines is 2. The average Bonchev–Trinajstić information content (AvgIpc) is 3.33. The minimum Gasteiger partial charge on any atom is -0.507 e. The van der Waals surface area contributed by atoms with Gasteiger partial charge in [0.25, 0.3) is 0 Å². The van der Waals surface area contributed by atoms with Gasteiger partial charge in [-0.1, -0.05) is 0 Å². The lowest BCUT2D eigenvalue weighted by Crippen LogP contribution is -2.14. The molecule has 0 aliphatic carbocycles. The van der Waals surface area contributed by atoms with Gasteiger partial charge in [0.1, 0.15) is 5.75 Å². The molecule has 0 saturated carbocycles. The number of benzene rings is 2. The molecule has 164 valence electrons. The number of aromatic hydroxyl groups is 3. The lowest BCUT2D eigenvalue weighted by Gasteiger charge is -2.13. The molecule has 2 heterocycles. The SMILES string of the molecule is CN(C)CCc1c[nH]c2ccc(-c3cc(O)c(O)c4c(CCN(C)C)c[nH]c34)c(O)c12. The summed E-state index contributed by atoms with van der Waals surface area (Å²) in [6.45, 7) is 1.68. The fraction of sp³-hybridized carbons (Fsp3) is 0.333. The van der Waals surface area contributed by atoms with Crippen LogP contribution in [-0.2, 0) is 12.8 Å². The van der Waals surface area contributed by atoms with Crippen LogP contribution in [-0.4, -0.2) is 76.4 Å². The number of nitrogens with one attached hydrogen (secondary N) is 2. The Morgan fingerprint density at radius 3 is 2.00 bits per heavy atom. The van der Waals surface area contributed by atoms with Crippen molar-refractivity contribution >= 4 is 21.8 Å². The van der Waals surface area contributed by atoms with E-state index in [9.17, 15) is 15.3 Å². The molecule has 5 N–H and O–H groups in total. The maximum Gasteiger partial charge on any atom is 0.167 e. The van der Waals surface area contributed by atoms with Gasteiger partial charge in [0, 0.05) is 52.9 Å². The van der Waals surface area contributed by atoms with Gasteiger partial charge in [-0.25, -0.2) is 0 Å². The summed E-state index contributed by atoms with van der Waals surface area (Å²) >= 11 is 0. The molecular weight excluding hydrogens is 392 g/mol. The van der Waals surface area contributed by atoms with E-state index < -0.39 is 0 Å². The van der Waals surface area contributed by atoms with E-state index in [1.165, 1.54) is 6.07 Å². The molecule has 7 heteroatoms. The van der Waals surface area contributed by atoms with Crippen LogP contribution in [0.5, 0.6) is 17.2 Å². The van der Waals surface area contributed by atoms with Crippen LogP contribution in [0.25, 0.3) is 32.9 Å². The number of hydrogen-bond acceptors (Lipinski definition) is 5. The van der Waals surface area contributed by atoms with Crippen molar-refractivity contribution in [3.8, 4) is 28.4 Å². The van der Waals surface area contributed by atoms with Crippen molar-refractivity contribution in [2.45, 2.75) is 12.8 Å². The summed E-state index contributed by atoms with van der Waals surface area (Å²) < 4.78 is 0. The van der Waals surface area contributed by atoms with Crippen LogP contribution >= 0.6 is 0 Å². The number of fused-ring (bicyclic) bond motifs is 2. The van der Waals surface area contributed by atoms with Crippen LogP contribution < -0.4 is 0 Å². The molecule has 0 fully saturated rings. The van der Waals surface area contributed by atoms with E-state index in [4.69, 9.17) is 0 Å². The van der Waals surface area contributed by atoms with Gasteiger partial charge >= 0.3 is 0 Å². The molecule has 31 heavy (non-hydrogen) atoms. The Bertz CT molecular complexity index is 1240. The number of phenols is 3. The van der Waals surface area contributed by atoms with Gasteiger partial charge in [-0.15, -0.1) is 0 Å². The van der Waals surface area contributed by atoms with Crippen LogP contribution in [0.2, 0.25) is 0 Å². The molecule has 4 aromatic rings. The monoisotopic (exact) mass is 422 g/mol. The fourth-order valence-corrected chi connectivity index (χ4v) is 4.14. The van der Waals surface area contributed by atoms with Gasteiger partial charge in [0.2, 0.25) is 0 Å². The largest absolute Gasteiger partial charge is 0.507 e. The molecule has 0 saturated heterocycles. The van der Waals surface area contributed by atoms with Crippen LogP contribution in [0.1, 0.15) is 11.1 Å². The number of hydrogen-bond donors (Lipinski definition) is 5. The molecular formula is C24H30N4O3. The molecule has 0 atom stereocenters. The highest BCUT2D eigenvalue weighted by Crippen LogP contribution is 2.46. The molecule has 0 aliphatic rings. The number of phenolic OH excluding ortho intramolecular Hbond substituents is 3. The zero-order valence-corrected chi connectivity index (χ0v) is 18.5. The third-order valence-electron chi connectivity index (χ3n) is 5.84. The predicted octanol–water partition coefficient (Wildman–Crippen LogP) is 3.64. The first-order chi connectivity index (χ1) is 14.8. The van der Waals surface area contributed by atoms with Crippen molar-refractivity contribution < 1.29 is 15.3 Å². The molecule has 0 bridgehead atoms. The molecule has 0 aliphatic heterocycles. The fourth-order valence-electron chi connectivity index (χ4n) is 4.14. The molecule has 0 unspecified atom stereocenters. The summed E-state index contributed by atoms with van der Waals surface area (Å²) in [6.07, 6.45) is 5.33. The third kappa shape index (κ3) is 3.82. The summed E-state index contributed by atoms with van der Waals surface area (Å²) in [7, 11) is 8.04. The number of nitrogens with zero attached hydrogens (tertiary/aromatic N) is 2. The molecule has 2 aromatic carbocycles. The van der Waals surface area contributed by atoms with E-state index in [0.29, 0.717) is 22.0 Å². The lowest BCUT2D eigenvalue weighted by atomic mass is 9.96. The van der Waals surface area contributed by atoms with Crippen LogP contribution in [0.15, 0.2) is 30.6 Å². The minimum atomic E-state index is -0.199. The first-order valence-electron chi connectivity index (χ1n) is 10.4. The standard InChI is InChI=1S/C24H30N4O3/c1-27(2)9-7-14-12-25-18-6-5-16(23(30)20(14)18)17-11-19(29)24(31)21-15(8-10-28(3)4)13-26-22(17)21/h5-6,11-13,25-26,29-31H,7-10H2,1-4H3. The predicted molar refractivity (Wildman–Crippen MR) is 125 cm³/mol. The molecule has 7 nitrogen and oxygen atoms in total. The van der Waals surface area contributed by atoms with Crippen LogP contribution in [0.3, 0.4) is 0 Å². The summed E-state index contributed by atoms with van der Waals surface area (Å²) in [4.78, 5) is 10.7. The second kappa shape index (κ2) is 8.17. The zero-order valence-electron chi connectivity index (χ0n) is 18.5. The van der Waals surface area contributed by atoms with Crippen molar-refractivity contribution in [1.29, 1.82) is 0 Å². The number of aromatic nitrogens is 2. The van der Waals surface area contributed by atoms with Crippen LogP contribution in [0.4, 0.5) is 0 Å². The van der Waals surface area contributed by atoms with E-state index in [-0.39, 0.29) is 17.2 Å². The highest BCUT2D eigenvalue weighted by atomic mass is 16.3. The Balaban J connectivity index is 1.87. The van der Waals surface area contributed by atoms with Crippen molar-refractivity contribution in [3.05, 3.63) is 41.7 Å². The smallest absolute Gasteiger partial charge is 0.167 e. The Morgan fingerprint density at radius 1 is 0.742 bits per heavy atom. The van der Waals surface area contributed by atoms with Gasteiger partial charge in [-0.2, -0.15) is 0 Å². The summed E-state index contributed by atoms with van der Waals surface area (Å²) in [5, 5.41) is 33.7. The minimum absolute atomic E-state index is 0.136. The summed E-state index contributed by atoms with van der Waals surface area (Å²) in [5.41, 5.74) is 4.80. The molecule has 0 spiro atoms. The Morgan fingerprint density at radius 2 is 1.35 bits per heavy atom. The van der Waals surface area contributed by atoms with E-state index in [0.717, 1.165) is 48.0 Å². The number of rotatable bonds is 7. The Labute approximate surface area is 181 Å². The van der Waals surface area contributed by atoms with E-state index in [2.05, 4.69) is 19.8 Å². The molecule has 4 rings (SSSR count). The van der Waals surface area contributed by atoms with Gasteiger partial charge in [0.15, 0.2) is 11.5 Å². The van der Waals surface area contributed by atoms with Crippen LogP contribution in [0, 0.1) is 0 Å². The quantitative estimate of drug-likeness (QED) is 0.293. The van der Waals surface area contributed by atoms with Gasteiger partial charge in [-0.3, -0.25) is 0 Å². The zero-order chi connectivity index (χ0) is 22.3. The third-order valence-corrected chi connectivity index (χ3v) is 5.84. The average molecular weight is 423 g/mol. The normalized spacial score (nSPS) is 12.1. The lowest BCUT2D eigenvalue weighted by molar-refractivity contribution is 0.406. The van der Waals surface area contributed by atoms with Gasteiger partial charge < -0.3 is 35.1 Å².